The second kappa shape index (κ2) is 7.72. The summed E-state index contributed by atoms with van der Waals surface area (Å²) in [6.45, 7) is 0. The Bertz CT molecular complexity index is 739. The van der Waals surface area contributed by atoms with Crippen LogP contribution in [0, 0.1) is 0 Å². The van der Waals surface area contributed by atoms with Crippen LogP contribution < -0.4 is 10.6 Å². The third-order valence-corrected chi connectivity index (χ3v) is 4.32. The Morgan fingerprint density at radius 2 is 1.65 bits per heavy atom. The Morgan fingerprint density at radius 3 is 2.23 bits per heavy atom. The lowest BCUT2D eigenvalue weighted by atomic mass is 9.95. The van der Waals surface area contributed by atoms with Crippen LogP contribution in [0.1, 0.15) is 48.2 Å². The minimum absolute atomic E-state index is 0.0964. The van der Waals surface area contributed by atoms with Crippen molar-refractivity contribution in [2.75, 3.05) is 10.6 Å². The Labute approximate surface area is 149 Å². The second-order valence-electron chi connectivity index (χ2n) is 6.31. The van der Waals surface area contributed by atoms with Gasteiger partial charge in [0.1, 0.15) is 5.82 Å². The van der Waals surface area contributed by atoms with Crippen LogP contribution in [0.4, 0.5) is 24.7 Å². The van der Waals surface area contributed by atoms with Gasteiger partial charge in [-0.1, -0.05) is 19.3 Å². The number of halogens is 3. The number of carbonyl (C=O) groups is 1. The molecule has 1 aromatic heterocycles. The van der Waals surface area contributed by atoms with E-state index in [2.05, 4.69) is 20.8 Å². The molecule has 1 saturated carbocycles. The van der Waals surface area contributed by atoms with Gasteiger partial charge < -0.3 is 10.6 Å². The van der Waals surface area contributed by atoms with E-state index in [9.17, 15) is 18.0 Å². The summed E-state index contributed by atoms with van der Waals surface area (Å²) in [4.78, 5) is 12.1. The number of amides is 1. The lowest BCUT2D eigenvalue weighted by Gasteiger charge is -2.22. The first kappa shape index (κ1) is 18.2. The summed E-state index contributed by atoms with van der Waals surface area (Å²) >= 11 is 0. The summed E-state index contributed by atoms with van der Waals surface area (Å²) in [7, 11) is 0. The maximum absolute atomic E-state index is 12.5. The molecule has 0 atom stereocenters. The minimum Gasteiger partial charge on any atom is -0.366 e. The van der Waals surface area contributed by atoms with Crippen LogP contribution >= 0.6 is 0 Å². The van der Waals surface area contributed by atoms with Crippen LogP contribution in [0.25, 0.3) is 0 Å². The first-order chi connectivity index (χ1) is 12.4. The molecule has 26 heavy (non-hydrogen) atoms. The van der Waals surface area contributed by atoms with Crippen molar-refractivity contribution in [3.05, 3.63) is 47.7 Å². The van der Waals surface area contributed by atoms with E-state index in [1.165, 1.54) is 37.5 Å². The molecule has 0 bridgehead atoms. The molecular formula is C18H19F3N4O. The number of carbonyl (C=O) groups excluding carboxylic acids is 1. The molecule has 1 heterocycles. The number of nitrogens with one attached hydrogen (secondary N) is 2. The molecule has 8 heteroatoms. The number of anilines is 2. The van der Waals surface area contributed by atoms with Crippen molar-refractivity contribution in [3.8, 4) is 0 Å². The van der Waals surface area contributed by atoms with E-state index in [1.54, 1.807) is 6.07 Å². The third kappa shape index (κ3) is 4.71. The molecule has 2 N–H and O–H groups in total. The van der Waals surface area contributed by atoms with E-state index < -0.39 is 17.6 Å². The van der Waals surface area contributed by atoms with Gasteiger partial charge in [-0.15, -0.1) is 10.2 Å². The number of aromatic nitrogens is 2. The van der Waals surface area contributed by atoms with E-state index in [0.29, 0.717) is 11.9 Å². The monoisotopic (exact) mass is 364 g/mol. The van der Waals surface area contributed by atoms with Gasteiger partial charge in [-0.2, -0.15) is 13.2 Å². The topological polar surface area (TPSA) is 66.9 Å². The van der Waals surface area contributed by atoms with Crippen molar-refractivity contribution < 1.29 is 18.0 Å². The van der Waals surface area contributed by atoms with Crippen LogP contribution in [0.3, 0.4) is 0 Å². The molecule has 0 saturated heterocycles. The smallest absolute Gasteiger partial charge is 0.366 e. The maximum Gasteiger partial charge on any atom is 0.416 e. The van der Waals surface area contributed by atoms with Crippen molar-refractivity contribution in [1.82, 2.24) is 10.2 Å². The number of hydrogen-bond acceptors (Lipinski definition) is 4. The Morgan fingerprint density at radius 1 is 0.962 bits per heavy atom. The van der Waals surface area contributed by atoms with Crippen molar-refractivity contribution in [2.24, 2.45) is 0 Å². The standard InChI is InChI=1S/C18H19F3N4O/c19-18(20,21)12-6-8-14(9-7-12)23-17(26)15-10-11-16(25-24-15)22-13-4-2-1-3-5-13/h6-11,13H,1-5H2,(H,22,25)(H,23,26). The average Bonchev–Trinajstić information content (AvgIpc) is 2.63. The highest BCUT2D eigenvalue weighted by Gasteiger charge is 2.30. The maximum atomic E-state index is 12.5. The number of alkyl halides is 3. The highest BCUT2D eigenvalue weighted by atomic mass is 19.4. The van der Waals surface area contributed by atoms with Crippen molar-refractivity contribution in [3.63, 3.8) is 0 Å². The highest BCUT2D eigenvalue weighted by Crippen LogP contribution is 2.29. The lowest BCUT2D eigenvalue weighted by Crippen LogP contribution is -2.23. The summed E-state index contributed by atoms with van der Waals surface area (Å²) in [6.07, 6.45) is 1.43. The largest absolute Gasteiger partial charge is 0.416 e. The van der Waals surface area contributed by atoms with Crippen LogP contribution in [0.15, 0.2) is 36.4 Å². The van der Waals surface area contributed by atoms with Gasteiger partial charge in [0.25, 0.3) is 5.91 Å². The van der Waals surface area contributed by atoms with Crippen molar-refractivity contribution in [1.29, 1.82) is 0 Å². The van der Waals surface area contributed by atoms with Gasteiger partial charge in [0.05, 0.1) is 5.56 Å². The van der Waals surface area contributed by atoms with E-state index in [4.69, 9.17) is 0 Å². The molecular weight excluding hydrogens is 345 g/mol. The zero-order valence-corrected chi connectivity index (χ0v) is 14.0. The van der Waals surface area contributed by atoms with Gasteiger partial charge in [0.15, 0.2) is 5.69 Å². The van der Waals surface area contributed by atoms with Crippen molar-refractivity contribution in [2.45, 2.75) is 44.3 Å². The second-order valence-corrected chi connectivity index (χ2v) is 6.31. The molecule has 0 radical (unpaired) electrons. The zero-order valence-electron chi connectivity index (χ0n) is 14.0. The number of nitrogens with zero attached hydrogens (tertiary/aromatic N) is 2. The molecule has 0 unspecified atom stereocenters. The molecule has 0 aliphatic heterocycles. The fraction of sp³-hybridized carbons (Fsp3) is 0.389. The number of rotatable bonds is 4. The molecule has 5 nitrogen and oxygen atoms in total. The highest BCUT2D eigenvalue weighted by molar-refractivity contribution is 6.02. The summed E-state index contributed by atoms with van der Waals surface area (Å²) in [6, 6.07) is 7.84. The van der Waals surface area contributed by atoms with Crippen LogP contribution in [0.5, 0.6) is 0 Å². The fourth-order valence-electron chi connectivity index (χ4n) is 2.92. The summed E-state index contributed by atoms with van der Waals surface area (Å²) < 4.78 is 37.6. The molecule has 1 aromatic carbocycles. The predicted molar refractivity (Wildman–Crippen MR) is 91.9 cm³/mol. The molecule has 1 aliphatic rings. The van der Waals surface area contributed by atoms with Gasteiger partial charge in [-0.05, 0) is 49.2 Å². The molecule has 0 spiro atoms. The van der Waals surface area contributed by atoms with E-state index >= 15 is 0 Å². The lowest BCUT2D eigenvalue weighted by molar-refractivity contribution is -0.137. The molecule has 1 fully saturated rings. The minimum atomic E-state index is -4.41. The average molecular weight is 364 g/mol. The van der Waals surface area contributed by atoms with E-state index in [0.717, 1.165) is 25.0 Å². The van der Waals surface area contributed by atoms with Gasteiger partial charge in [-0.3, -0.25) is 4.79 Å². The van der Waals surface area contributed by atoms with Crippen LogP contribution in [-0.4, -0.2) is 22.1 Å². The summed E-state index contributed by atoms with van der Waals surface area (Å²) in [5.74, 6) is 0.0875. The van der Waals surface area contributed by atoms with Gasteiger partial charge in [0, 0.05) is 11.7 Å². The van der Waals surface area contributed by atoms with E-state index in [1.807, 2.05) is 0 Å². The van der Waals surface area contributed by atoms with E-state index in [-0.39, 0.29) is 11.4 Å². The SMILES string of the molecule is O=C(Nc1ccc(C(F)(F)F)cc1)c1ccc(NC2CCCCC2)nn1. The van der Waals surface area contributed by atoms with Crippen LogP contribution in [-0.2, 0) is 6.18 Å². The normalized spacial score (nSPS) is 15.5. The Kier molecular flexibility index (Phi) is 5.39. The molecule has 1 aliphatic carbocycles. The zero-order chi connectivity index (χ0) is 18.6. The fourth-order valence-corrected chi connectivity index (χ4v) is 2.92. The predicted octanol–water partition coefficient (Wildman–Crippen LogP) is 4.49. The molecule has 2 aromatic rings. The quantitative estimate of drug-likeness (QED) is 0.839. The van der Waals surface area contributed by atoms with Crippen molar-refractivity contribution >= 4 is 17.4 Å². The first-order valence-corrected chi connectivity index (χ1v) is 8.51. The Balaban J connectivity index is 1.59. The van der Waals surface area contributed by atoms with Gasteiger partial charge >= 0.3 is 6.18 Å². The number of benzene rings is 1. The van der Waals surface area contributed by atoms with Crippen LogP contribution in [0.2, 0.25) is 0 Å². The number of hydrogen-bond donors (Lipinski definition) is 2. The van der Waals surface area contributed by atoms with Gasteiger partial charge in [0.2, 0.25) is 0 Å². The first-order valence-electron chi connectivity index (χ1n) is 8.51. The molecule has 1 amide bonds. The molecule has 3 rings (SSSR count). The third-order valence-electron chi connectivity index (χ3n) is 4.32. The Hall–Kier alpha value is -2.64. The van der Waals surface area contributed by atoms with Gasteiger partial charge in [-0.25, -0.2) is 0 Å². The molecule has 138 valence electrons. The summed E-state index contributed by atoms with van der Waals surface area (Å²) in [5.41, 5.74) is -0.415. The summed E-state index contributed by atoms with van der Waals surface area (Å²) in [5, 5.41) is 13.7.